The van der Waals surface area contributed by atoms with Gasteiger partial charge in [-0.1, -0.05) is 18.5 Å². The van der Waals surface area contributed by atoms with Crippen molar-refractivity contribution in [2.45, 2.75) is 19.9 Å². The van der Waals surface area contributed by atoms with E-state index in [2.05, 4.69) is 17.2 Å². The summed E-state index contributed by atoms with van der Waals surface area (Å²) in [5.41, 5.74) is 1.06. The third-order valence-corrected chi connectivity index (χ3v) is 3.19. The molecule has 3 nitrogen and oxygen atoms in total. The second-order valence-electron chi connectivity index (χ2n) is 4.38. The summed E-state index contributed by atoms with van der Waals surface area (Å²) in [4.78, 5) is 4.12. The normalized spacial score (nSPS) is 12.2. The molecule has 1 unspecified atom stereocenters. The fourth-order valence-electron chi connectivity index (χ4n) is 1.84. The van der Waals surface area contributed by atoms with Crippen molar-refractivity contribution in [3.63, 3.8) is 0 Å². The molecule has 1 aromatic carbocycles. The van der Waals surface area contributed by atoms with E-state index in [-0.39, 0.29) is 11.1 Å². The van der Waals surface area contributed by atoms with Crippen LogP contribution in [0, 0.1) is 5.82 Å². The summed E-state index contributed by atoms with van der Waals surface area (Å²) < 4.78 is 18.9. The highest BCUT2D eigenvalue weighted by atomic mass is 35.5. The van der Waals surface area contributed by atoms with Gasteiger partial charge in [-0.25, -0.2) is 9.37 Å². The van der Waals surface area contributed by atoms with Gasteiger partial charge in [0.05, 0.1) is 5.02 Å². The molecule has 106 valence electrons. The van der Waals surface area contributed by atoms with Crippen molar-refractivity contribution in [2.24, 2.45) is 0 Å². The van der Waals surface area contributed by atoms with Gasteiger partial charge in [0.1, 0.15) is 11.6 Å². The molecule has 0 saturated heterocycles. The predicted molar refractivity (Wildman–Crippen MR) is 77.8 cm³/mol. The summed E-state index contributed by atoms with van der Waals surface area (Å²) in [7, 11) is 0. The molecule has 0 amide bonds. The molecule has 0 fully saturated rings. The molecule has 2 aromatic rings. The number of halogens is 2. The second-order valence-corrected chi connectivity index (χ2v) is 4.79. The zero-order valence-corrected chi connectivity index (χ0v) is 12.1. The number of aromatic nitrogens is 1. The van der Waals surface area contributed by atoms with Crippen LogP contribution in [-0.2, 0) is 0 Å². The zero-order chi connectivity index (χ0) is 14.5. The van der Waals surface area contributed by atoms with Gasteiger partial charge < -0.3 is 10.1 Å². The summed E-state index contributed by atoms with van der Waals surface area (Å²) in [6.45, 7) is 4.98. The quantitative estimate of drug-likeness (QED) is 0.891. The van der Waals surface area contributed by atoms with Crippen LogP contribution in [0.1, 0.15) is 25.5 Å². The Bertz CT molecular complexity index is 592. The molecule has 0 spiro atoms. The van der Waals surface area contributed by atoms with E-state index in [4.69, 9.17) is 16.3 Å². The smallest absolute Gasteiger partial charge is 0.219 e. The minimum atomic E-state index is -0.513. The molecule has 2 rings (SSSR count). The highest BCUT2D eigenvalue weighted by Gasteiger charge is 2.07. The summed E-state index contributed by atoms with van der Waals surface area (Å²) in [5.74, 6) is 0.281. The van der Waals surface area contributed by atoms with Gasteiger partial charge in [-0.05, 0) is 37.2 Å². The maximum Gasteiger partial charge on any atom is 0.219 e. The Morgan fingerprint density at radius 1 is 1.35 bits per heavy atom. The van der Waals surface area contributed by atoms with E-state index < -0.39 is 5.82 Å². The zero-order valence-electron chi connectivity index (χ0n) is 11.4. The first-order valence-electron chi connectivity index (χ1n) is 6.42. The van der Waals surface area contributed by atoms with Gasteiger partial charge in [0.2, 0.25) is 5.88 Å². The molecule has 0 aliphatic heterocycles. The number of nitrogens with one attached hydrogen (secondary N) is 1. The average Bonchev–Trinajstić information content (AvgIpc) is 2.43. The van der Waals surface area contributed by atoms with Crippen LogP contribution in [0.3, 0.4) is 0 Å². The Labute approximate surface area is 122 Å². The SMILES string of the molecule is CCNC(C)c1ccnc(Oc2ccc(Cl)c(F)c2)c1. The number of hydrogen-bond acceptors (Lipinski definition) is 3. The fraction of sp³-hybridized carbons (Fsp3) is 0.267. The molecule has 0 aliphatic carbocycles. The van der Waals surface area contributed by atoms with Crippen LogP contribution in [0.5, 0.6) is 11.6 Å². The lowest BCUT2D eigenvalue weighted by atomic mass is 10.1. The van der Waals surface area contributed by atoms with Crippen LogP contribution in [-0.4, -0.2) is 11.5 Å². The van der Waals surface area contributed by atoms with Gasteiger partial charge in [0.15, 0.2) is 0 Å². The van der Waals surface area contributed by atoms with Crippen molar-refractivity contribution in [1.82, 2.24) is 10.3 Å². The summed E-state index contributed by atoms with van der Waals surface area (Å²) in [5, 5.41) is 3.38. The van der Waals surface area contributed by atoms with Gasteiger partial charge >= 0.3 is 0 Å². The lowest BCUT2D eigenvalue weighted by Gasteiger charge is -2.13. The van der Waals surface area contributed by atoms with Crippen LogP contribution < -0.4 is 10.1 Å². The van der Waals surface area contributed by atoms with E-state index in [1.54, 1.807) is 12.3 Å². The largest absolute Gasteiger partial charge is 0.439 e. The number of rotatable bonds is 5. The standard InChI is InChI=1S/C15H16ClFN2O/c1-3-18-10(2)11-6-7-19-15(8-11)20-12-4-5-13(16)14(17)9-12/h4-10,18H,3H2,1-2H3. The molecule has 1 N–H and O–H groups in total. The van der Waals surface area contributed by atoms with E-state index >= 15 is 0 Å². The molecule has 0 saturated carbocycles. The van der Waals surface area contributed by atoms with Crippen LogP contribution in [0.2, 0.25) is 5.02 Å². The molecule has 1 heterocycles. The number of benzene rings is 1. The first-order valence-corrected chi connectivity index (χ1v) is 6.80. The van der Waals surface area contributed by atoms with E-state index in [1.165, 1.54) is 12.1 Å². The Hall–Kier alpha value is -1.65. The Kier molecular flexibility index (Phi) is 4.93. The van der Waals surface area contributed by atoms with Gasteiger partial charge in [-0.3, -0.25) is 0 Å². The second kappa shape index (κ2) is 6.68. The van der Waals surface area contributed by atoms with Crippen molar-refractivity contribution in [3.05, 3.63) is 52.9 Å². The van der Waals surface area contributed by atoms with Crippen LogP contribution in [0.4, 0.5) is 4.39 Å². The van der Waals surface area contributed by atoms with E-state index in [9.17, 15) is 4.39 Å². The lowest BCUT2D eigenvalue weighted by molar-refractivity contribution is 0.455. The number of ether oxygens (including phenoxy) is 1. The maximum atomic E-state index is 13.3. The van der Waals surface area contributed by atoms with Crippen molar-refractivity contribution >= 4 is 11.6 Å². The summed E-state index contributed by atoms with van der Waals surface area (Å²) in [6.07, 6.45) is 1.67. The number of pyridine rings is 1. The van der Waals surface area contributed by atoms with Crippen LogP contribution in [0.25, 0.3) is 0 Å². The predicted octanol–water partition coefficient (Wildman–Crippen LogP) is 4.34. The molecular weight excluding hydrogens is 279 g/mol. The Morgan fingerprint density at radius 3 is 2.85 bits per heavy atom. The highest BCUT2D eigenvalue weighted by Crippen LogP contribution is 2.25. The highest BCUT2D eigenvalue weighted by molar-refractivity contribution is 6.30. The molecule has 5 heteroatoms. The number of hydrogen-bond donors (Lipinski definition) is 1. The average molecular weight is 295 g/mol. The third kappa shape index (κ3) is 3.68. The van der Waals surface area contributed by atoms with Crippen molar-refractivity contribution in [1.29, 1.82) is 0 Å². The maximum absolute atomic E-state index is 13.3. The Balaban J connectivity index is 2.16. The molecule has 20 heavy (non-hydrogen) atoms. The molecule has 0 aliphatic rings. The summed E-state index contributed by atoms with van der Waals surface area (Å²) >= 11 is 5.63. The lowest BCUT2D eigenvalue weighted by Crippen LogP contribution is -2.17. The monoisotopic (exact) mass is 294 g/mol. The third-order valence-electron chi connectivity index (χ3n) is 2.88. The minimum absolute atomic E-state index is 0.0693. The first-order chi connectivity index (χ1) is 9.60. The molecule has 0 radical (unpaired) electrons. The first kappa shape index (κ1) is 14.8. The van der Waals surface area contributed by atoms with E-state index in [0.717, 1.165) is 12.1 Å². The van der Waals surface area contributed by atoms with Gasteiger partial charge in [0, 0.05) is 24.4 Å². The van der Waals surface area contributed by atoms with E-state index in [0.29, 0.717) is 11.6 Å². The van der Waals surface area contributed by atoms with Crippen LogP contribution >= 0.6 is 11.6 Å². The van der Waals surface area contributed by atoms with E-state index in [1.807, 2.05) is 19.1 Å². The topological polar surface area (TPSA) is 34.2 Å². The van der Waals surface area contributed by atoms with Crippen molar-refractivity contribution < 1.29 is 9.13 Å². The molecule has 1 atom stereocenters. The van der Waals surface area contributed by atoms with Gasteiger partial charge in [-0.15, -0.1) is 0 Å². The Morgan fingerprint density at radius 2 is 2.15 bits per heavy atom. The molecule has 1 aromatic heterocycles. The minimum Gasteiger partial charge on any atom is -0.439 e. The molecular formula is C15H16ClFN2O. The molecule has 0 bridgehead atoms. The fourth-order valence-corrected chi connectivity index (χ4v) is 1.95. The summed E-state index contributed by atoms with van der Waals surface area (Å²) in [6, 6.07) is 8.25. The van der Waals surface area contributed by atoms with Crippen molar-refractivity contribution in [2.75, 3.05) is 6.54 Å². The van der Waals surface area contributed by atoms with Crippen LogP contribution in [0.15, 0.2) is 36.5 Å². The van der Waals surface area contributed by atoms with Crippen molar-refractivity contribution in [3.8, 4) is 11.6 Å². The van der Waals surface area contributed by atoms with Gasteiger partial charge in [0.25, 0.3) is 0 Å². The number of nitrogens with zero attached hydrogens (tertiary/aromatic N) is 1. The van der Waals surface area contributed by atoms with Gasteiger partial charge in [-0.2, -0.15) is 0 Å².